The fraction of sp³-hybridized carbons (Fsp3) is 0.474. The summed E-state index contributed by atoms with van der Waals surface area (Å²) >= 11 is 0. The number of hydrogen-bond donors (Lipinski definition) is 2. The van der Waals surface area contributed by atoms with Crippen LogP contribution in [-0.4, -0.2) is 11.6 Å². The molecule has 0 unspecified atom stereocenters. The van der Waals surface area contributed by atoms with Crippen LogP contribution in [0.3, 0.4) is 0 Å². The Bertz CT molecular complexity index is 816. The van der Waals surface area contributed by atoms with Gasteiger partial charge in [-0.1, -0.05) is 43.7 Å². The highest BCUT2D eigenvalue weighted by atomic mass is 16.2. The van der Waals surface area contributed by atoms with Gasteiger partial charge in [0.2, 0.25) is 5.91 Å². The molecule has 3 N–H and O–H groups in total. The van der Waals surface area contributed by atoms with E-state index in [2.05, 4.69) is 17.5 Å². The standard InChI is InChI=1S/C19H19N5O/c1-2-6-14-15(13-7-4-3-5-8-13)18(11-21,12-22)17(10-20)9-19(14,23)24-16(17)25/h3-5,7-8,14-15H,2,6,9,23H2,1H3,(H,24,25)/t14-,15+,17-,19-/m0/s1. The van der Waals surface area contributed by atoms with E-state index in [-0.39, 0.29) is 12.3 Å². The van der Waals surface area contributed by atoms with Crippen molar-refractivity contribution < 1.29 is 4.79 Å². The van der Waals surface area contributed by atoms with Gasteiger partial charge in [0.25, 0.3) is 0 Å². The third-order valence-electron chi connectivity index (χ3n) is 5.80. The minimum atomic E-state index is -1.79. The zero-order valence-corrected chi connectivity index (χ0v) is 14.0. The quantitative estimate of drug-likeness (QED) is 0.873. The van der Waals surface area contributed by atoms with Crippen LogP contribution in [0.15, 0.2) is 30.3 Å². The van der Waals surface area contributed by atoms with Gasteiger partial charge in [0, 0.05) is 18.3 Å². The lowest BCUT2D eigenvalue weighted by molar-refractivity contribution is -0.128. The number of amides is 1. The average molecular weight is 333 g/mol. The number of hydrogen-bond acceptors (Lipinski definition) is 5. The largest absolute Gasteiger partial charge is 0.336 e. The van der Waals surface area contributed by atoms with Crippen molar-refractivity contribution in [1.29, 1.82) is 15.8 Å². The van der Waals surface area contributed by atoms with Crippen LogP contribution in [0.4, 0.5) is 0 Å². The fourth-order valence-corrected chi connectivity index (χ4v) is 4.70. The molecule has 1 aliphatic carbocycles. The Morgan fingerprint density at radius 1 is 1.20 bits per heavy atom. The van der Waals surface area contributed by atoms with E-state index in [0.29, 0.717) is 6.42 Å². The lowest BCUT2D eigenvalue weighted by atomic mass is 9.47. The van der Waals surface area contributed by atoms with Gasteiger partial charge in [-0.2, -0.15) is 15.8 Å². The topological polar surface area (TPSA) is 126 Å². The van der Waals surface area contributed by atoms with Gasteiger partial charge in [0.1, 0.15) is 0 Å². The maximum absolute atomic E-state index is 12.8. The highest BCUT2D eigenvalue weighted by molar-refractivity contribution is 5.92. The first kappa shape index (κ1) is 17.0. The molecule has 6 heteroatoms. The van der Waals surface area contributed by atoms with Crippen molar-refractivity contribution in [1.82, 2.24) is 5.32 Å². The van der Waals surface area contributed by atoms with Crippen LogP contribution in [0.5, 0.6) is 0 Å². The molecule has 1 aromatic carbocycles. The smallest absolute Gasteiger partial charge is 0.244 e. The van der Waals surface area contributed by atoms with Crippen LogP contribution >= 0.6 is 0 Å². The minimum Gasteiger partial charge on any atom is -0.336 e. The summed E-state index contributed by atoms with van der Waals surface area (Å²) in [6.45, 7) is 1.99. The molecule has 0 aromatic heterocycles. The van der Waals surface area contributed by atoms with Gasteiger partial charge in [-0.3, -0.25) is 4.79 Å². The Balaban J connectivity index is 2.35. The minimum absolute atomic E-state index is 0.0234. The van der Waals surface area contributed by atoms with Crippen LogP contribution in [0, 0.1) is 50.7 Å². The van der Waals surface area contributed by atoms with Crippen molar-refractivity contribution in [3.63, 3.8) is 0 Å². The zero-order chi connectivity index (χ0) is 18.3. The number of nitrogens with one attached hydrogen (secondary N) is 1. The monoisotopic (exact) mass is 333 g/mol. The number of nitrogens with zero attached hydrogens (tertiary/aromatic N) is 3. The van der Waals surface area contributed by atoms with Crippen molar-refractivity contribution in [2.45, 2.75) is 37.8 Å². The summed E-state index contributed by atoms with van der Waals surface area (Å²) in [6, 6.07) is 15.3. The molecule has 1 saturated carbocycles. The number of benzene rings is 1. The predicted molar refractivity (Wildman–Crippen MR) is 89.0 cm³/mol. The Morgan fingerprint density at radius 3 is 2.36 bits per heavy atom. The molecule has 6 nitrogen and oxygen atoms in total. The molecule has 1 saturated heterocycles. The molecule has 1 heterocycles. The molecule has 1 aromatic rings. The van der Waals surface area contributed by atoms with Crippen LogP contribution in [0.1, 0.15) is 37.7 Å². The lowest BCUT2D eigenvalue weighted by Gasteiger charge is -2.50. The molecule has 2 fully saturated rings. The van der Waals surface area contributed by atoms with Gasteiger partial charge < -0.3 is 11.1 Å². The fourth-order valence-electron chi connectivity index (χ4n) is 4.70. The molecule has 2 aliphatic rings. The van der Waals surface area contributed by atoms with E-state index in [1.807, 2.05) is 43.3 Å². The highest BCUT2D eigenvalue weighted by Crippen LogP contribution is 2.64. The van der Waals surface area contributed by atoms with E-state index in [9.17, 15) is 20.6 Å². The molecule has 1 amide bonds. The zero-order valence-electron chi connectivity index (χ0n) is 14.0. The first-order valence-corrected chi connectivity index (χ1v) is 8.35. The average Bonchev–Trinajstić information content (AvgIpc) is 2.88. The maximum Gasteiger partial charge on any atom is 0.244 e. The number of carbonyl (C=O) groups is 1. The molecule has 126 valence electrons. The van der Waals surface area contributed by atoms with Crippen molar-refractivity contribution in [3.05, 3.63) is 35.9 Å². The SMILES string of the molecule is CCC[C@H]1[C@@H](c2ccccc2)C(C#N)(C#N)[C@]2(C#N)C[C@]1(N)NC2=O. The summed E-state index contributed by atoms with van der Waals surface area (Å²) in [7, 11) is 0. The Hall–Kier alpha value is -2.88. The van der Waals surface area contributed by atoms with E-state index < -0.39 is 28.3 Å². The Morgan fingerprint density at radius 2 is 1.84 bits per heavy atom. The van der Waals surface area contributed by atoms with Crippen LogP contribution in [0.2, 0.25) is 0 Å². The lowest BCUT2D eigenvalue weighted by Crippen LogP contribution is -2.62. The number of nitriles is 3. The molecular formula is C19H19N5O. The third-order valence-corrected chi connectivity index (χ3v) is 5.80. The number of nitrogens with two attached hydrogens (primary N) is 1. The van der Waals surface area contributed by atoms with Crippen molar-refractivity contribution in [2.24, 2.45) is 22.5 Å². The first-order chi connectivity index (χ1) is 11.9. The van der Waals surface area contributed by atoms with Gasteiger partial charge in [-0.05, 0) is 12.0 Å². The van der Waals surface area contributed by atoms with Gasteiger partial charge in [-0.15, -0.1) is 0 Å². The van der Waals surface area contributed by atoms with E-state index in [1.165, 1.54) is 0 Å². The van der Waals surface area contributed by atoms with Gasteiger partial charge in [0.05, 0.1) is 23.9 Å². The summed E-state index contributed by atoms with van der Waals surface area (Å²) in [5, 5.41) is 32.7. The summed E-state index contributed by atoms with van der Waals surface area (Å²) in [4.78, 5) is 12.8. The van der Waals surface area contributed by atoms with Crippen LogP contribution in [-0.2, 0) is 4.79 Å². The normalized spacial score (nSPS) is 35.1. The highest BCUT2D eigenvalue weighted by Gasteiger charge is 2.76. The van der Waals surface area contributed by atoms with Crippen LogP contribution < -0.4 is 11.1 Å². The third kappa shape index (κ3) is 1.94. The molecule has 0 radical (unpaired) electrons. The second-order valence-electron chi connectivity index (χ2n) is 7.00. The summed E-state index contributed by atoms with van der Waals surface area (Å²) < 4.78 is 0. The van der Waals surface area contributed by atoms with Crippen LogP contribution in [0.25, 0.3) is 0 Å². The Kier molecular flexibility index (Phi) is 3.79. The number of rotatable bonds is 3. The van der Waals surface area contributed by atoms with Crippen molar-refractivity contribution in [3.8, 4) is 18.2 Å². The maximum atomic E-state index is 12.8. The molecule has 0 spiro atoms. The van der Waals surface area contributed by atoms with E-state index >= 15 is 0 Å². The van der Waals surface area contributed by atoms with Gasteiger partial charge in [-0.25, -0.2) is 0 Å². The summed E-state index contributed by atoms with van der Waals surface area (Å²) in [5.41, 5.74) is 2.65. The van der Waals surface area contributed by atoms with Gasteiger partial charge in [0.15, 0.2) is 10.8 Å². The summed E-state index contributed by atoms with van der Waals surface area (Å²) in [6.07, 6.45) is 1.41. The van der Waals surface area contributed by atoms with E-state index in [0.717, 1.165) is 12.0 Å². The molecule has 4 atom stereocenters. The second-order valence-corrected chi connectivity index (χ2v) is 7.00. The second kappa shape index (κ2) is 5.59. The number of carbonyl (C=O) groups excluding carboxylic acids is 1. The van der Waals surface area contributed by atoms with Gasteiger partial charge >= 0.3 is 0 Å². The van der Waals surface area contributed by atoms with E-state index in [1.54, 1.807) is 0 Å². The molecule has 2 bridgehead atoms. The first-order valence-electron chi connectivity index (χ1n) is 8.35. The van der Waals surface area contributed by atoms with E-state index in [4.69, 9.17) is 5.73 Å². The number of fused-ring (bicyclic) bond motifs is 2. The molecular weight excluding hydrogens is 314 g/mol. The summed E-state index contributed by atoms with van der Waals surface area (Å²) in [5.74, 6) is -1.55. The Labute approximate surface area is 146 Å². The molecule has 1 aliphatic heterocycles. The molecule has 3 rings (SSSR count). The molecule has 25 heavy (non-hydrogen) atoms. The predicted octanol–water partition coefficient (Wildman–Crippen LogP) is 1.92. The van der Waals surface area contributed by atoms with Crippen molar-refractivity contribution >= 4 is 5.91 Å². The van der Waals surface area contributed by atoms with Crippen molar-refractivity contribution in [2.75, 3.05) is 0 Å².